The molecular formula is C16H23N3OS. The second-order valence-corrected chi connectivity index (χ2v) is 6.67. The third-order valence-electron chi connectivity index (χ3n) is 3.77. The third-order valence-corrected chi connectivity index (χ3v) is 4.72. The SMILES string of the molecule is CCOc1ccc2nc(NC(C)CN3CCCC3)sc2c1. The molecule has 1 unspecified atom stereocenters. The van der Waals surface area contributed by atoms with Crippen molar-refractivity contribution in [2.75, 3.05) is 31.6 Å². The van der Waals surface area contributed by atoms with E-state index in [9.17, 15) is 0 Å². The van der Waals surface area contributed by atoms with Crippen molar-refractivity contribution in [3.8, 4) is 5.75 Å². The number of rotatable bonds is 6. The van der Waals surface area contributed by atoms with E-state index < -0.39 is 0 Å². The van der Waals surface area contributed by atoms with Gasteiger partial charge in [-0.2, -0.15) is 0 Å². The van der Waals surface area contributed by atoms with E-state index in [2.05, 4.69) is 28.2 Å². The zero-order chi connectivity index (χ0) is 14.7. The number of benzene rings is 1. The molecule has 1 N–H and O–H groups in total. The average molecular weight is 305 g/mol. The summed E-state index contributed by atoms with van der Waals surface area (Å²) in [6.45, 7) is 8.51. The Morgan fingerprint density at radius 2 is 2.19 bits per heavy atom. The van der Waals surface area contributed by atoms with Crippen molar-refractivity contribution in [2.24, 2.45) is 0 Å². The van der Waals surface area contributed by atoms with Crippen molar-refractivity contribution in [3.05, 3.63) is 18.2 Å². The van der Waals surface area contributed by atoms with Gasteiger partial charge in [-0.05, 0) is 58.0 Å². The van der Waals surface area contributed by atoms with Crippen LogP contribution in [0.1, 0.15) is 26.7 Å². The zero-order valence-corrected chi connectivity index (χ0v) is 13.6. The molecule has 5 heteroatoms. The van der Waals surface area contributed by atoms with E-state index in [1.165, 1.54) is 30.6 Å². The summed E-state index contributed by atoms with van der Waals surface area (Å²) >= 11 is 1.70. The fourth-order valence-corrected chi connectivity index (χ4v) is 3.84. The largest absolute Gasteiger partial charge is 0.494 e. The molecule has 0 bridgehead atoms. The summed E-state index contributed by atoms with van der Waals surface area (Å²) in [5.74, 6) is 0.922. The van der Waals surface area contributed by atoms with Crippen molar-refractivity contribution in [3.63, 3.8) is 0 Å². The Labute approximate surface area is 130 Å². The predicted molar refractivity (Wildman–Crippen MR) is 89.5 cm³/mol. The number of aromatic nitrogens is 1. The molecule has 0 radical (unpaired) electrons. The number of thiazole rings is 1. The third kappa shape index (κ3) is 3.66. The minimum absolute atomic E-state index is 0.426. The topological polar surface area (TPSA) is 37.4 Å². The first-order chi connectivity index (χ1) is 10.2. The number of nitrogens with zero attached hydrogens (tertiary/aromatic N) is 2. The smallest absolute Gasteiger partial charge is 0.184 e. The van der Waals surface area contributed by atoms with E-state index in [-0.39, 0.29) is 0 Å². The summed E-state index contributed by atoms with van der Waals surface area (Å²) in [5.41, 5.74) is 1.04. The van der Waals surface area contributed by atoms with Crippen LogP contribution >= 0.6 is 11.3 Å². The Morgan fingerprint density at radius 3 is 2.95 bits per heavy atom. The van der Waals surface area contributed by atoms with Crippen molar-refractivity contribution < 1.29 is 4.74 Å². The molecule has 1 fully saturated rings. The first kappa shape index (κ1) is 14.6. The average Bonchev–Trinajstić information content (AvgIpc) is 3.07. The molecule has 1 aromatic heterocycles. The van der Waals surface area contributed by atoms with Gasteiger partial charge in [0, 0.05) is 12.6 Å². The van der Waals surface area contributed by atoms with Gasteiger partial charge in [0.05, 0.1) is 16.8 Å². The van der Waals surface area contributed by atoms with Crippen LogP contribution in [0.2, 0.25) is 0 Å². The fourth-order valence-electron chi connectivity index (χ4n) is 2.83. The number of fused-ring (bicyclic) bond motifs is 1. The van der Waals surface area contributed by atoms with Crippen LogP contribution < -0.4 is 10.1 Å². The molecule has 1 aliphatic heterocycles. The van der Waals surface area contributed by atoms with Gasteiger partial charge in [0.15, 0.2) is 5.13 Å². The summed E-state index contributed by atoms with van der Waals surface area (Å²) in [4.78, 5) is 7.19. The molecule has 4 nitrogen and oxygen atoms in total. The van der Waals surface area contributed by atoms with Crippen LogP contribution in [0, 0.1) is 0 Å². The first-order valence-electron chi connectivity index (χ1n) is 7.77. The first-order valence-corrected chi connectivity index (χ1v) is 8.58. The van der Waals surface area contributed by atoms with Gasteiger partial charge in [-0.1, -0.05) is 11.3 Å². The molecule has 0 amide bonds. The maximum atomic E-state index is 5.54. The van der Waals surface area contributed by atoms with Crippen molar-refractivity contribution in [2.45, 2.75) is 32.7 Å². The monoisotopic (exact) mass is 305 g/mol. The Balaban J connectivity index is 1.65. The zero-order valence-electron chi connectivity index (χ0n) is 12.8. The number of nitrogens with one attached hydrogen (secondary N) is 1. The molecular weight excluding hydrogens is 282 g/mol. The van der Waals surface area contributed by atoms with E-state index in [0.29, 0.717) is 12.6 Å². The Bertz CT molecular complexity index is 592. The molecule has 114 valence electrons. The quantitative estimate of drug-likeness (QED) is 0.885. The van der Waals surface area contributed by atoms with Crippen LogP contribution in [0.3, 0.4) is 0 Å². The van der Waals surface area contributed by atoms with Gasteiger partial charge in [0.2, 0.25) is 0 Å². The normalized spacial score (nSPS) is 17.2. The van der Waals surface area contributed by atoms with Gasteiger partial charge in [-0.25, -0.2) is 4.98 Å². The standard InChI is InChI=1S/C16H23N3OS/c1-3-20-13-6-7-14-15(10-13)21-16(18-14)17-12(2)11-19-8-4-5-9-19/h6-7,10,12H,3-5,8-9,11H2,1-2H3,(H,17,18). The van der Waals surface area contributed by atoms with Crippen LogP contribution in [0.4, 0.5) is 5.13 Å². The lowest BCUT2D eigenvalue weighted by Gasteiger charge is -2.20. The fraction of sp³-hybridized carbons (Fsp3) is 0.562. The number of ether oxygens (including phenoxy) is 1. The van der Waals surface area contributed by atoms with E-state index in [4.69, 9.17) is 4.74 Å². The van der Waals surface area contributed by atoms with Crippen LogP contribution in [-0.2, 0) is 0 Å². The van der Waals surface area contributed by atoms with Gasteiger partial charge >= 0.3 is 0 Å². The maximum absolute atomic E-state index is 5.54. The van der Waals surface area contributed by atoms with E-state index in [1.54, 1.807) is 11.3 Å². The molecule has 21 heavy (non-hydrogen) atoms. The highest BCUT2D eigenvalue weighted by atomic mass is 32.1. The van der Waals surface area contributed by atoms with E-state index in [1.807, 2.05) is 19.1 Å². The molecule has 2 heterocycles. The minimum Gasteiger partial charge on any atom is -0.494 e. The van der Waals surface area contributed by atoms with Gasteiger partial charge in [-0.15, -0.1) is 0 Å². The van der Waals surface area contributed by atoms with E-state index >= 15 is 0 Å². The molecule has 2 aromatic rings. The van der Waals surface area contributed by atoms with Crippen LogP contribution in [0.5, 0.6) is 5.75 Å². The molecule has 0 saturated carbocycles. The number of likely N-dealkylation sites (tertiary alicyclic amines) is 1. The summed E-state index contributed by atoms with van der Waals surface area (Å²) in [6.07, 6.45) is 2.68. The van der Waals surface area contributed by atoms with Crippen LogP contribution in [0.25, 0.3) is 10.2 Å². The van der Waals surface area contributed by atoms with Gasteiger partial charge in [-0.3, -0.25) is 0 Å². The van der Waals surface area contributed by atoms with Crippen LogP contribution in [0.15, 0.2) is 18.2 Å². The Kier molecular flexibility index (Phi) is 4.60. The number of hydrogen-bond donors (Lipinski definition) is 1. The lowest BCUT2D eigenvalue weighted by molar-refractivity contribution is 0.328. The molecule has 1 aliphatic rings. The lowest BCUT2D eigenvalue weighted by atomic mass is 10.3. The number of hydrogen-bond acceptors (Lipinski definition) is 5. The Hall–Kier alpha value is -1.33. The molecule has 1 saturated heterocycles. The van der Waals surface area contributed by atoms with Gasteiger partial charge < -0.3 is 15.0 Å². The molecule has 3 rings (SSSR count). The lowest BCUT2D eigenvalue weighted by Crippen LogP contribution is -2.32. The van der Waals surface area contributed by atoms with Gasteiger partial charge in [0.25, 0.3) is 0 Å². The molecule has 0 aliphatic carbocycles. The summed E-state index contributed by atoms with van der Waals surface area (Å²) < 4.78 is 6.72. The summed E-state index contributed by atoms with van der Waals surface area (Å²) in [7, 11) is 0. The van der Waals surface area contributed by atoms with Crippen molar-refractivity contribution in [1.82, 2.24) is 9.88 Å². The van der Waals surface area contributed by atoms with Crippen molar-refractivity contribution >= 4 is 26.7 Å². The van der Waals surface area contributed by atoms with E-state index in [0.717, 1.165) is 22.9 Å². The summed E-state index contributed by atoms with van der Waals surface area (Å²) in [5, 5.41) is 4.54. The minimum atomic E-state index is 0.426. The maximum Gasteiger partial charge on any atom is 0.184 e. The van der Waals surface area contributed by atoms with Crippen LogP contribution in [-0.4, -0.2) is 42.2 Å². The molecule has 1 atom stereocenters. The molecule has 1 aromatic carbocycles. The highest BCUT2D eigenvalue weighted by Crippen LogP contribution is 2.29. The predicted octanol–water partition coefficient (Wildman–Crippen LogP) is 3.59. The highest BCUT2D eigenvalue weighted by molar-refractivity contribution is 7.22. The highest BCUT2D eigenvalue weighted by Gasteiger charge is 2.15. The second-order valence-electron chi connectivity index (χ2n) is 5.63. The number of anilines is 1. The molecule has 0 spiro atoms. The second kappa shape index (κ2) is 6.62. The van der Waals surface area contributed by atoms with Crippen molar-refractivity contribution in [1.29, 1.82) is 0 Å². The summed E-state index contributed by atoms with van der Waals surface area (Å²) in [6, 6.07) is 6.53. The van der Waals surface area contributed by atoms with Gasteiger partial charge in [0.1, 0.15) is 5.75 Å². The Morgan fingerprint density at radius 1 is 1.38 bits per heavy atom.